The first kappa shape index (κ1) is 10.4. The lowest BCUT2D eigenvalue weighted by Gasteiger charge is -2.33. The molecule has 1 saturated heterocycles. The monoisotopic (exact) mass is 212 g/mol. The Kier molecular flexibility index (Phi) is 2.86. The van der Waals surface area contributed by atoms with Gasteiger partial charge in [-0.2, -0.15) is 0 Å². The molecule has 1 fully saturated rings. The fourth-order valence-electron chi connectivity index (χ4n) is 1.93. The van der Waals surface area contributed by atoms with Gasteiger partial charge in [0.1, 0.15) is 17.3 Å². The van der Waals surface area contributed by atoms with Crippen molar-refractivity contribution in [2.45, 2.75) is 13.0 Å². The molecule has 1 atom stereocenters. The van der Waals surface area contributed by atoms with Crippen LogP contribution in [-0.2, 0) is 0 Å². The molecule has 4 heteroatoms. The first-order valence-electron chi connectivity index (χ1n) is 5.11. The highest BCUT2D eigenvalue weighted by molar-refractivity contribution is 5.49. The van der Waals surface area contributed by atoms with Crippen molar-refractivity contribution >= 4 is 5.69 Å². The van der Waals surface area contributed by atoms with Crippen LogP contribution in [0.15, 0.2) is 18.2 Å². The van der Waals surface area contributed by atoms with E-state index in [4.69, 9.17) is 0 Å². The van der Waals surface area contributed by atoms with Crippen LogP contribution in [0, 0.1) is 11.6 Å². The van der Waals surface area contributed by atoms with Gasteiger partial charge >= 0.3 is 0 Å². The second-order valence-corrected chi connectivity index (χ2v) is 3.87. The van der Waals surface area contributed by atoms with Gasteiger partial charge in [0.15, 0.2) is 0 Å². The number of piperazine rings is 1. The Morgan fingerprint density at radius 3 is 2.60 bits per heavy atom. The highest BCUT2D eigenvalue weighted by Gasteiger charge is 2.21. The van der Waals surface area contributed by atoms with E-state index in [-0.39, 0.29) is 11.7 Å². The molecule has 1 heterocycles. The zero-order valence-electron chi connectivity index (χ0n) is 8.63. The molecule has 0 bridgehead atoms. The summed E-state index contributed by atoms with van der Waals surface area (Å²) in [6.07, 6.45) is 0. The van der Waals surface area contributed by atoms with Crippen molar-refractivity contribution in [3.63, 3.8) is 0 Å². The van der Waals surface area contributed by atoms with Crippen LogP contribution in [0.3, 0.4) is 0 Å². The van der Waals surface area contributed by atoms with E-state index < -0.39 is 11.6 Å². The van der Waals surface area contributed by atoms with Gasteiger partial charge in [-0.25, -0.2) is 8.78 Å². The van der Waals surface area contributed by atoms with Gasteiger partial charge in [0.05, 0.1) is 0 Å². The molecule has 15 heavy (non-hydrogen) atoms. The molecule has 1 aromatic carbocycles. The summed E-state index contributed by atoms with van der Waals surface area (Å²) < 4.78 is 26.9. The van der Waals surface area contributed by atoms with Gasteiger partial charge in [0, 0.05) is 25.7 Å². The summed E-state index contributed by atoms with van der Waals surface area (Å²) in [4.78, 5) is 1.76. The van der Waals surface area contributed by atoms with Crippen LogP contribution < -0.4 is 10.2 Å². The maximum absolute atomic E-state index is 13.5. The predicted molar refractivity (Wildman–Crippen MR) is 56.0 cm³/mol. The molecule has 2 rings (SSSR count). The number of hydrogen-bond donors (Lipinski definition) is 1. The highest BCUT2D eigenvalue weighted by Crippen LogP contribution is 2.23. The summed E-state index contributed by atoms with van der Waals surface area (Å²) in [5.41, 5.74) is 0.103. The summed E-state index contributed by atoms with van der Waals surface area (Å²) in [6, 6.07) is 4.24. The van der Waals surface area contributed by atoms with Gasteiger partial charge in [0.2, 0.25) is 0 Å². The first-order valence-corrected chi connectivity index (χ1v) is 5.11. The predicted octanol–water partition coefficient (Wildman–Crippen LogP) is 1.76. The minimum atomic E-state index is -0.482. The summed E-state index contributed by atoms with van der Waals surface area (Å²) in [7, 11) is 0. The lowest BCUT2D eigenvalue weighted by Crippen LogP contribution is -2.49. The minimum Gasteiger partial charge on any atom is -0.364 e. The van der Waals surface area contributed by atoms with E-state index in [2.05, 4.69) is 5.32 Å². The van der Waals surface area contributed by atoms with Crippen LogP contribution >= 0.6 is 0 Å². The third-order valence-electron chi connectivity index (χ3n) is 2.62. The number of anilines is 1. The fraction of sp³-hybridized carbons (Fsp3) is 0.455. The molecule has 0 amide bonds. The normalized spacial score (nSPS) is 21.8. The second kappa shape index (κ2) is 4.14. The van der Waals surface area contributed by atoms with Crippen LogP contribution in [-0.4, -0.2) is 25.7 Å². The van der Waals surface area contributed by atoms with Crippen LogP contribution in [0.1, 0.15) is 6.92 Å². The van der Waals surface area contributed by atoms with Gasteiger partial charge in [-0.1, -0.05) is 6.07 Å². The van der Waals surface area contributed by atoms with Gasteiger partial charge in [0.25, 0.3) is 0 Å². The zero-order chi connectivity index (χ0) is 10.8. The molecule has 82 valence electrons. The third-order valence-corrected chi connectivity index (χ3v) is 2.62. The summed E-state index contributed by atoms with van der Waals surface area (Å²) in [6.45, 7) is 4.04. The number of hydrogen-bond acceptors (Lipinski definition) is 2. The van der Waals surface area contributed by atoms with E-state index in [0.717, 1.165) is 6.54 Å². The van der Waals surface area contributed by atoms with E-state index >= 15 is 0 Å². The second-order valence-electron chi connectivity index (χ2n) is 3.87. The first-order chi connectivity index (χ1) is 7.18. The smallest absolute Gasteiger partial charge is 0.149 e. The van der Waals surface area contributed by atoms with Crippen molar-refractivity contribution < 1.29 is 8.78 Å². The molecular weight excluding hydrogens is 198 g/mol. The third kappa shape index (κ3) is 2.09. The molecule has 0 aromatic heterocycles. The van der Waals surface area contributed by atoms with Gasteiger partial charge in [-0.3, -0.25) is 0 Å². The number of nitrogens with one attached hydrogen (secondary N) is 1. The lowest BCUT2D eigenvalue weighted by molar-refractivity contribution is 0.470. The van der Waals surface area contributed by atoms with Crippen molar-refractivity contribution in [1.82, 2.24) is 5.32 Å². The van der Waals surface area contributed by atoms with Crippen molar-refractivity contribution in [2.24, 2.45) is 0 Å². The van der Waals surface area contributed by atoms with Crippen LogP contribution in [0.2, 0.25) is 0 Å². The Bertz CT molecular complexity index is 334. The average molecular weight is 212 g/mol. The molecule has 0 saturated carbocycles. The molecule has 1 aliphatic heterocycles. The summed E-state index contributed by atoms with van der Waals surface area (Å²) >= 11 is 0. The van der Waals surface area contributed by atoms with Crippen LogP contribution in [0.25, 0.3) is 0 Å². The average Bonchev–Trinajstić information content (AvgIpc) is 2.17. The molecule has 1 aromatic rings. The summed E-state index contributed by atoms with van der Waals surface area (Å²) in [5.74, 6) is -0.965. The number of nitrogens with zero attached hydrogens (tertiary/aromatic N) is 1. The number of benzene rings is 1. The molecule has 0 aliphatic carbocycles. The fourth-order valence-corrected chi connectivity index (χ4v) is 1.93. The Balaban J connectivity index is 2.28. The maximum atomic E-state index is 13.5. The van der Waals surface area contributed by atoms with Crippen molar-refractivity contribution in [1.29, 1.82) is 0 Å². The summed E-state index contributed by atoms with van der Waals surface area (Å²) in [5, 5.41) is 3.23. The van der Waals surface area contributed by atoms with Gasteiger partial charge in [-0.05, 0) is 19.1 Å². The Morgan fingerprint density at radius 1 is 1.33 bits per heavy atom. The largest absolute Gasteiger partial charge is 0.364 e. The Labute approximate surface area is 87.9 Å². The maximum Gasteiger partial charge on any atom is 0.149 e. The molecule has 1 N–H and O–H groups in total. The molecule has 1 aliphatic rings. The topological polar surface area (TPSA) is 15.3 Å². The Morgan fingerprint density at radius 2 is 2.00 bits per heavy atom. The van der Waals surface area contributed by atoms with Crippen molar-refractivity contribution in [3.05, 3.63) is 29.8 Å². The molecular formula is C11H14F2N2. The van der Waals surface area contributed by atoms with Crippen LogP contribution in [0.5, 0.6) is 0 Å². The van der Waals surface area contributed by atoms with E-state index in [1.165, 1.54) is 18.2 Å². The SMILES string of the molecule is CC1CN(c2c(F)cccc2F)CCN1. The Hall–Kier alpha value is -1.16. The van der Waals surface area contributed by atoms with E-state index in [9.17, 15) is 8.78 Å². The van der Waals surface area contributed by atoms with Gasteiger partial charge < -0.3 is 10.2 Å². The van der Waals surface area contributed by atoms with Crippen LogP contribution in [0.4, 0.5) is 14.5 Å². The highest BCUT2D eigenvalue weighted by atomic mass is 19.1. The van der Waals surface area contributed by atoms with E-state index in [1.807, 2.05) is 6.92 Å². The van der Waals surface area contributed by atoms with Crippen molar-refractivity contribution in [2.75, 3.05) is 24.5 Å². The van der Waals surface area contributed by atoms with E-state index in [1.54, 1.807) is 4.90 Å². The lowest BCUT2D eigenvalue weighted by atomic mass is 10.2. The minimum absolute atomic E-state index is 0.103. The molecule has 0 spiro atoms. The standard InChI is InChI=1S/C11H14F2N2/c1-8-7-15(6-5-14-8)11-9(12)3-2-4-10(11)13/h2-4,8,14H,5-7H2,1H3. The molecule has 1 unspecified atom stereocenters. The number of halogens is 2. The van der Waals surface area contributed by atoms with Gasteiger partial charge in [-0.15, -0.1) is 0 Å². The number of rotatable bonds is 1. The zero-order valence-corrected chi connectivity index (χ0v) is 8.63. The number of para-hydroxylation sites is 1. The van der Waals surface area contributed by atoms with Crippen molar-refractivity contribution in [3.8, 4) is 0 Å². The quantitative estimate of drug-likeness (QED) is 0.763. The molecule has 2 nitrogen and oxygen atoms in total. The van der Waals surface area contributed by atoms with E-state index in [0.29, 0.717) is 13.1 Å². The molecule has 0 radical (unpaired) electrons.